The van der Waals surface area contributed by atoms with Crippen LogP contribution in [0.5, 0.6) is 0 Å². The number of hydrogen-bond acceptors (Lipinski definition) is 4. The first-order chi connectivity index (χ1) is 6.86. The monoisotopic (exact) mass is 227 g/mol. The Bertz CT molecular complexity index is 266. The zero-order valence-corrected chi connectivity index (χ0v) is 9.68. The van der Waals surface area contributed by atoms with Crippen LogP contribution in [0.15, 0.2) is 29.4 Å². The van der Waals surface area contributed by atoms with Crippen LogP contribution in [0.25, 0.3) is 0 Å². The Hall–Kier alpha value is -0.480. The van der Waals surface area contributed by atoms with E-state index < -0.39 is 0 Å². The van der Waals surface area contributed by atoms with Gasteiger partial charge in [-0.15, -0.1) is 0 Å². The Morgan fingerprint density at radius 3 is 3.00 bits per heavy atom. The highest BCUT2D eigenvalue weighted by Crippen LogP contribution is 2.22. The van der Waals surface area contributed by atoms with Crippen LogP contribution < -0.4 is 0 Å². The first kappa shape index (κ1) is 11.6. The van der Waals surface area contributed by atoms with Crippen LogP contribution in [0.2, 0.25) is 0 Å². The van der Waals surface area contributed by atoms with Crippen molar-refractivity contribution < 1.29 is 4.79 Å². The van der Waals surface area contributed by atoms with E-state index in [0.717, 1.165) is 22.8 Å². The van der Waals surface area contributed by atoms with E-state index >= 15 is 0 Å². The molecule has 1 heterocycles. The molecule has 0 fully saturated rings. The van der Waals surface area contributed by atoms with Gasteiger partial charge in [-0.1, -0.05) is 24.8 Å². The van der Waals surface area contributed by atoms with Crippen molar-refractivity contribution in [1.29, 1.82) is 0 Å². The van der Waals surface area contributed by atoms with E-state index in [0.29, 0.717) is 0 Å². The molecular formula is C10H13NOS2. The van der Waals surface area contributed by atoms with Crippen LogP contribution in [0, 0.1) is 0 Å². The molecule has 76 valence electrons. The van der Waals surface area contributed by atoms with Crippen LogP contribution in [0.3, 0.4) is 0 Å². The molecule has 0 N–H and O–H groups in total. The second-order valence-electron chi connectivity index (χ2n) is 2.62. The van der Waals surface area contributed by atoms with E-state index in [1.807, 2.05) is 18.2 Å². The third kappa shape index (κ3) is 4.15. The Morgan fingerprint density at radius 2 is 2.43 bits per heavy atom. The van der Waals surface area contributed by atoms with Gasteiger partial charge in [-0.3, -0.25) is 0 Å². The molecule has 0 saturated carbocycles. The van der Waals surface area contributed by atoms with Crippen LogP contribution in [0.4, 0.5) is 0 Å². The first-order valence-corrected chi connectivity index (χ1v) is 6.51. The van der Waals surface area contributed by atoms with Crippen LogP contribution in [-0.4, -0.2) is 28.0 Å². The molecule has 0 radical (unpaired) electrons. The number of hydrogen-bond donors (Lipinski definition) is 0. The molecule has 0 aliphatic heterocycles. The van der Waals surface area contributed by atoms with Crippen LogP contribution in [0.1, 0.15) is 6.92 Å². The second kappa shape index (κ2) is 6.90. The van der Waals surface area contributed by atoms with E-state index in [1.165, 1.54) is 11.8 Å². The van der Waals surface area contributed by atoms with Crippen molar-refractivity contribution in [2.45, 2.75) is 17.2 Å². The summed E-state index contributed by atoms with van der Waals surface area (Å²) in [6.07, 6.45) is 2.75. The molecule has 0 aliphatic carbocycles. The molecule has 1 aromatic rings. The fourth-order valence-electron chi connectivity index (χ4n) is 0.907. The quantitative estimate of drug-likeness (QED) is 0.552. The molecule has 0 amide bonds. The van der Waals surface area contributed by atoms with Gasteiger partial charge in [0.25, 0.3) is 0 Å². The summed E-state index contributed by atoms with van der Waals surface area (Å²) in [7, 11) is 0. The lowest BCUT2D eigenvalue weighted by molar-refractivity contribution is -0.107. The minimum Gasteiger partial charge on any atom is -0.302 e. The van der Waals surface area contributed by atoms with Gasteiger partial charge in [-0.05, 0) is 17.9 Å². The topological polar surface area (TPSA) is 30.0 Å². The second-order valence-corrected chi connectivity index (χ2v) is 5.20. The van der Waals surface area contributed by atoms with Crippen molar-refractivity contribution in [2.75, 3.05) is 11.5 Å². The van der Waals surface area contributed by atoms with E-state index in [-0.39, 0.29) is 5.25 Å². The third-order valence-electron chi connectivity index (χ3n) is 1.55. The van der Waals surface area contributed by atoms with Gasteiger partial charge in [0.05, 0.1) is 10.3 Å². The summed E-state index contributed by atoms with van der Waals surface area (Å²) in [5, 5.41) is 0.941. The fourth-order valence-corrected chi connectivity index (χ4v) is 2.66. The van der Waals surface area contributed by atoms with Crippen LogP contribution >= 0.6 is 23.5 Å². The molecule has 14 heavy (non-hydrogen) atoms. The van der Waals surface area contributed by atoms with Gasteiger partial charge < -0.3 is 4.79 Å². The average Bonchev–Trinajstić information content (AvgIpc) is 2.25. The van der Waals surface area contributed by atoms with E-state index in [9.17, 15) is 4.79 Å². The summed E-state index contributed by atoms with van der Waals surface area (Å²) >= 11 is 3.31. The lowest BCUT2D eigenvalue weighted by Crippen LogP contribution is -2.08. The Morgan fingerprint density at radius 1 is 1.57 bits per heavy atom. The zero-order chi connectivity index (χ0) is 10.2. The number of aromatic nitrogens is 1. The molecular weight excluding hydrogens is 214 g/mol. The van der Waals surface area contributed by atoms with Crippen molar-refractivity contribution in [1.82, 2.24) is 4.98 Å². The molecule has 0 aliphatic rings. The molecule has 0 bridgehead atoms. The molecule has 1 atom stereocenters. The molecule has 0 spiro atoms. The van der Waals surface area contributed by atoms with Crippen molar-refractivity contribution in [3.05, 3.63) is 24.4 Å². The van der Waals surface area contributed by atoms with Crippen LogP contribution in [-0.2, 0) is 4.79 Å². The van der Waals surface area contributed by atoms with Crippen molar-refractivity contribution in [3.8, 4) is 0 Å². The lowest BCUT2D eigenvalue weighted by Gasteiger charge is -2.07. The van der Waals surface area contributed by atoms with Gasteiger partial charge in [-0.25, -0.2) is 4.98 Å². The number of thioether (sulfide) groups is 2. The van der Waals surface area contributed by atoms with E-state index in [1.54, 1.807) is 18.0 Å². The molecule has 2 nitrogen and oxygen atoms in total. The van der Waals surface area contributed by atoms with Crippen molar-refractivity contribution >= 4 is 29.8 Å². The van der Waals surface area contributed by atoms with Gasteiger partial charge in [0.15, 0.2) is 0 Å². The zero-order valence-electron chi connectivity index (χ0n) is 8.05. The summed E-state index contributed by atoms with van der Waals surface area (Å²) in [6, 6.07) is 5.74. The largest absolute Gasteiger partial charge is 0.302 e. The summed E-state index contributed by atoms with van der Waals surface area (Å²) in [4.78, 5) is 14.9. The molecule has 4 heteroatoms. The van der Waals surface area contributed by atoms with E-state index in [2.05, 4.69) is 11.9 Å². The summed E-state index contributed by atoms with van der Waals surface area (Å²) in [5.74, 6) is 1.91. The van der Waals surface area contributed by atoms with Crippen molar-refractivity contribution in [2.24, 2.45) is 0 Å². The lowest BCUT2D eigenvalue weighted by atomic mass is 10.5. The number of carbonyl (C=O) groups is 1. The summed E-state index contributed by atoms with van der Waals surface area (Å²) in [5.41, 5.74) is 0. The number of rotatable bonds is 6. The Labute approximate surface area is 92.9 Å². The number of nitrogens with zero attached hydrogens (tertiary/aromatic N) is 1. The molecule has 0 saturated heterocycles. The highest BCUT2D eigenvalue weighted by molar-refractivity contribution is 8.03. The predicted molar refractivity (Wildman–Crippen MR) is 62.9 cm³/mol. The number of carbonyl (C=O) groups excluding carboxylic acids is 1. The normalized spacial score (nSPS) is 12.4. The fraction of sp³-hybridized carbons (Fsp3) is 0.400. The predicted octanol–water partition coefficient (Wildman–Crippen LogP) is 2.49. The first-order valence-electron chi connectivity index (χ1n) is 4.47. The van der Waals surface area contributed by atoms with Gasteiger partial charge in [0, 0.05) is 11.9 Å². The molecule has 1 rings (SSSR count). The minimum atomic E-state index is 0.0230. The minimum absolute atomic E-state index is 0.0230. The van der Waals surface area contributed by atoms with Crippen molar-refractivity contribution in [3.63, 3.8) is 0 Å². The summed E-state index contributed by atoms with van der Waals surface area (Å²) < 4.78 is 0. The Balaban J connectivity index is 2.44. The maximum absolute atomic E-state index is 10.8. The maximum Gasteiger partial charge on any atom is 0.134 e. The summed E-state index contributed by atoms with van der Waals surface area (Å²) in [6.45, 7) is 2.10. The molecule has 0 aromatic carbocycles. The highest BCUT2D eigenvalue weighted by atomic mass is 32.2. The van der Waals surface area contributed by atoms with Gasteiger partial charge in [0.2, 0.25) is 0 Å². The van der Waals surface area contributed by atoms with Gasteiger partial charge >= 0.3 is 0 Å². The smallest absolute Gasteiger partial charge is 0.134 e. The standard InChI is InChI=1S/C10H13NOS2/c1-2-13-8-9(7-12)14-10-5-3-4-6-11-10/h3-7,9H,2,8H2,1H3. The molecule has 1 unspecified atom stereocenters. The number of pyridine rings is 1. The Kier molecular flexibility index (Phi) is 5.71. The van der Waals surface area contributed by atoms with Gasteiger partial charge in [0.1, 0.15) is 6.29 Å². The van der Waals surface area contributed by atoms with Gasteiger partial charge in [-0.2, -0.15) is 11.8 Å². The highest BCUT2D eigenvalue weighted by Gasteiger charge is 2.09. The maximum atomic E-state index is 10.8. The SMILES string of the molecule is CCSCC(C=O)Sc1ccccn1. The molecule has 1 aromatic heterocycles. The average molecular weight is 227 g/mol. The van der Waals surface area contributed by atoms with E-state index in [4.69, 9.17) is 0 Å². The third-order valence-corrected chi connectivity index (χ3v) is 3.83. The number of aldehydes is 1.